The first-order valence-corrected chi connectivity index (χ1v) is 20.2. The van der Waals surface area contributed by atoms with E-state index < -0.39 is 33.9 Å². The standard InChI is InChI=1S/2C20H37NO4/c2*1-2-3-4-5-6-7-8-9-10-11-12-13-14-15-16-17-18-19(20(22)23)21(24)25/h2*9-10,19H,2-8,11-18H2,1H3,(H,22,23)/b2*10-9-. The van der Waals surface area contributed by atoms with Gasteiger partial charge in [0.25, 0.3) is 0 Å². The number of allylic oxidation sites excluding steroid dienone is 4. The van der Waals surface area contributed by atoms with Crippen LogP contribution in [0.25, 0.3) is 0 Å². The van der Waals surface area contributed by atoms with Crippen molar-refractivity contribution in [1.29, 1.82) is 0 Å². The molecular weight excluding hydrogens is 636 g/mol. The number of nitro groups is 2. The zero-order chi connectivity index (χ0) is 37.5. The topological polar surface area (TPSA) is 161 Å². The molecule has 10 nitrogen and oxygen atoms in total. The Bertz CT molecular complexity index is 779. The summed E-state index contributed by atoms with van der Waals surface area (Å²) in [5.41, 5.74) is 0. The predicted molar refractivity (Wildman–Crippen MR) is 205 cm³/mol. The molecule has 0 rings (SSSR count). The first-order valence-electron chi connectivity index (χ1n) is 20.2. The molecule has 0 heterocycles. The summed E-state index contributed by atoms with van der Waals surface area (Å²) in [4.78, 5) is 41.1. The molecule has 2 N–H and O–H groups in total. The van der Waals surface area contributed by atoms with E-state index in [2.05, 4.69) is 38.2 Å². The van der Waals surface area contributed by atoms with Crippen LogP contribution >= 0.6 is 0 Å². The van der Waals surface area contributed by atoms with Crippen LogP contribution in [-0.4, -0.2) is 44.1 Å². The van der Waals surface area contributed by atoms with Crippen LogP contribution in [0.1, 0.15) is 206 Å². The van der Waals surface area contributed by atoms with Gasteiger partial charge in [0.15, 0.2) is 0 Å². The molecule has 0 aromatic heterocycles. The van der Waals surface area contributed by atoms with Gasteiger partial charge in [0, 0.05) is 22.7 Å². The van der Waals surface area contributed by atoms with E-state index >= 15 is 0 Å². The molecule has 0 fully saturated rings. The van der Waals surface area contributed by atoms with Crippen LogP contribution < -0.4 is 0 Å². The van der Waals surface area contributed by atoms with Gasteiger partial charge in [-0.1, -0.05) is 154 Å². The fraction of sp³-hybridized carbons (Fsp3) is 0.850. The minimum Gasteiger partial charge on any atom is -0.476 e. The molecule has 0 aromatic rings. The first kappa shape index (κ1) is 49.3. The van der Waals surface area contributed by atoms with E-state index in [1.54, 1.807) is 0 Å². The quantitative estimate of drug-likeness (QED) is 0.0281. The van der Waals surface area contributed by atoms with E-state index in [-0.39, 0.29) is 12.8 Å². The number of carbonyl (C=O) groups is 2. The van der Waals surface area contributed by atoms with Crippen LogP contribution in [0.4, 0.5) is 0 Å². The normalized spacial score (nSPS) is 12.5. The minimum atomic E-state index is -1.43. The molecule has 0 amide bonds. The monoisotopic (exact) mass is 711 g/mol. The highest BCUT2D eigenvalue weighted by molar-refractivity contribution is 5.72. The van der Waals surface area contributed by atoms with Gasteiger partial charge in [-0.2, -0.15) is 0 Å². The Labute approximate surface area is 304 Å². The summed E-state index contributed by atoms with van der Waals surface area (Å²) < 4.78 is 0. The van der Waals surface area contributed by atoms with Crippen molar-refractivity contribution in [2.75, 3.05) is 0 Å². The third-order valence-electron chi connectivity index (χ3n) is 9.06. The number of rotatable bonds is 36. The van der Waals surface area contributed by atoms with E-state index in [4.69, 9.17) is 10.2 Å². The van der Waals surface area contributed by atoms with Gasteiger partial charge in [-0.05, 0) is 64.2 Å². The summed E-state index contributed by atoms with van der Waals surface area (Å²) in [7, 11) is 0. The molecule has 50 heavy (non-hydrogen) atoms. The molecule has 0 saturated heterocycles. The molecule has 0 aliphatic rings. The Hall–Kier alpha value is -2.78. The predicted octanol–water partition coefficient (Wildman–Crippen LogP) is 12.3. The highest BCUT2D eigenvalue weighted by Crippen LogP contribution is 2.14. The Balaban J connectivity index is 0. The van der Waals surface area contributed by atoms with Crippen LogP contribution in [0.5, 0.6) is 0 Å². The Kier molecular flexibility index (Phi) is 38.5. The molecule has 0 aliphatic carbocycles. The van der Waals surface area contributed by atoms with Gasteiger partial charge < -0.3 is 10.2 Å². The lowest BCUT2D eigenvalue weighted by molar-refractivity contribution is -0.511. The molecule has 0 radical (unpaired) electrons. The fourth-order valence-corrected chi connectivity index (χ4v) is 5.81. The van der Waals surface area contributed by atoms with E-state index in [1.807, 2.05) is 0 Å². The summed E-state index contributed by atoms with van der Waals surface area (Å²) in [6, 6.07) is -2.87. The van der Waals surface area contributed by atoms with Crippen molar-refractivity contribution in [1.82, 2.24) is 0 Å². The second-order valence-corrected chi connectivity index (χ2v) is 13.7. The third kappa shape index (κ3) is 36.5. The number of hydrogen-bond donors (Lipinski definition) is 2. The maximum Gasteiger partial charge on any atom is 0.379 e. The van der Waals surface area contributed by atoms with E-state index in [9.17, 15) is 29.8 Å². The smallest absolute Gasteiger partial charge is 0.379 e. The van der Waals surface area contributed by atoms with E-state index in [0.717, 1.165) is 51.4 Å². The second kappa shape index (κ2) is 39.0. The van der Waals surface area contributed by atoms with Gasteiger partial charge in [-0.3, -0.25) is 20.2 Å². The average Bonchev–Trinajstić information content (AvgIpc) is 3.07. The summed E-state index contributed by atoms with van der Waals surface area (Å²) >= 11 is 0. The van der Waals surface area contributed by atoms with Crippen LogP contribution in [-0.2, 0) is 9.59 Å². The van der Waals surface area contributed by atoms with Crippen molar-refractivity contribution in [2.24, 2.45) is 0 Å². The Morgan fingerprint density at radius 1 is 0.440 bits per heavy atom. The number of carboxylic acid groups (broad SMARTS) is 2. The Morgan fingerprint density at radius 2 is 0.660 bits per heavy atom. The van der Waals surface area contributed by atoms with Crippen LogP contribution in [0, 0.1) is 20.2 Å². The van der Waals surface area contributed by atoms with Crippen molar-refractivity contribution < 1.29 is 29.6 Å². The number of unbranched alkanes of at least 4 members (excludes halogenated alkanes) is 24. The fourth-order valence-electron chi connectivity index (χ4n) is 5.81. The minimum absolute atomic E-state index is 0.142. The molecule has 0 aliphatic heterocycles. The maximum absolute atomic E-state index is 10.7. The molecule has 10 heteroatoms. The average molecular weight is 711 g/mol. The van der Waals surface area contributed by atoms with Crippen molar-refractivity contribution in [3.63, 3.8) is 0 Å². The molecule has 0 bridgehead atoms. The van der Waals surface area contributed by atoms with Crippen molar-refractivity contribution >= 4 is 11.9 Å². The lowest BCUT2D eigenvalue weighted by Crippen LogP contribution is -2.28. The highest BCUT2D eigenvalue weighted by Gasteiger charge is 2.28. The van der Waals surface area contributed by atoms with Gasteiger partial charge in [-0.15, -0.1) is 0 Å². The molecule has 0 spiro atoms. The molecule has 292 valence electrons. The summed E-state index contributed by atoms with van der Waals surface area (Å²) in [6.45, 7) is 4.49. The summed E-state index contributed by atoms with van der Waals surface area (Å²) in [5, 5.41) is 38.5. The van der Waals surface area contributed by atoms with Crippen LogP contribution in [0.2, 0.25) is 0 Å². The molecular formula is C40H74N2O8. The zero-order valence-corrected chi connectivity index (χ0v) is 31.9. The number of carboxylic acids is 2. The second-order valence-electron chi connectivity index (χ2n) is 13.7. The first-order chi connectivity index (χ1) is 24.2. The van der Waals surface area contributed by atoms with Gasteiger partial charge in [0.2, 0.25) is 0 Å². The zero-order valence-electron chi connectivity index (χ0n) is 31.9. The third-order valence-corrected chi connectivity index (χ3v) is 9.06. The SMILES string of the molecule is CCCCCCCC/C=C\CCCCCCCCC(C(=O)O)[N+](=O)[O-].CCCCCCCC/C=C\CCCCCCCCC(C(=O)O)[N+](=O)[O-]. The number of hydrogen-bond acceptors (Lipinski definition) is 6. The number of aliphatic carboxylic acids is 2. The molecule has 0 aromatic carbocycles. The molecule has 2 atom stereocenters. The lowest BCUT2D eigenvalue weighted by atomic mass is 10.0. The van der Waals surface area contributed by atoms with Crippen molar-refractivity contribution in [2.45, 2.75) is 219 Å². The number of nitrogens with zero attached hydrogens (tertiary/aromatic N) is 2. The van der Waals surface area contributed by atoms with Gasteiger partial charge in [0.1, 0.15) is 0 Å². The highest BCUT2D eigenvalue weighted by atomic mass is 16.6. The van der Waals surface area contributed by atoms with Gasteiger partial charge in [0.05, 0.1) is 0 Å². The van der Waals surface area contributed by atoms with Crippen molar-refractivity contribution in [3.8, 4) is 0 Å². The van der Waals surface area contributed by atoms with E-state index in [1.165, 1.54) is 116 Å². The Morgan fingerprint density at radius 3 is 0.880 bits per heavy atom. The van der Waals surface area contributed by atoms with Gasteiger partial charge in [-0.25, -0.2) is 9.59 Å². The van der Waals surface area contributed by atoms with Crippen LogP contribution in [0.3, 0.4) is 0 Å². The largest absolute Gasteiger partial charge is 0.476 e. The summed E-state index contributed by atoms with van der Waals surface area (Å²) in [6.07, 6.45) is 42.4. The molecule has 0 saturated carbocycles. The lowest BCUT2D eigenvalue weighted by Gasteiger charge is -2.04. The molecule has 2 unspecified atom stereocenters. The van der Waals surface area contributed by atoms with E-state index in [0.29, 0.717) is 12.8 Å². The van der Waals surface area contributed by atoms with Crippen LogP contribution in [0.15, 0.2) is 24.3 Å². The van der Waals surface area contributed by atoms with Crippen molar-refractivity contribution in [3.05, 3.63) is 44.5 Å². The summed E-state index contributed by atoms with van der Waals surface area (Å²) in [5.74, 6) is -2.64. The maximum atomic E-state index is 10.7. The van der Waals surface area contributed by atoms with Gasteiger partial charge >= 0.3 is 24.0 Å².